The van der Waals surface area contributed by atoms with E-state index in [2.05, 4.69) is 6.92 Å². The zero-order chi connectivity index (χ0) is 17.5. The highest BCUT2D eigenvalue weighted by Gasteiger charge is 2.60. The molecule has 1 saturated carbocycles. The Labute approximate surface area is 148 Å². The molecular formula is C19H21NO2S2. The lowest BCUT2D eigenvalue weighted by Gasteiger charge is -2.05. The Kier molecular flexibility index (Phi) is 4.49. The highest BCUT2D eigenvalue weighted by molar-refractivity contribution is 7.92. The smallest absolute Gasteiger partial charge is 0.182 e. The second-order valence-electron chi connectivity index (χ2n) is 6.37. The molecule has 2 aromatic rings. The fraction of sp³-hybridized carbons (Fsp3) is 0.316. The van der Waals surface area contributed by atoms with Crippen LogP contribution in [0.25, 0.3) is 0 Å². The molecule has 1 aliphatic carbocycles. The van der Waals surface area contributed by atoms with Crippen molar-refractivity contribution in [1.82, 2.24) is 0 Å². The van der Waals surface area contributed by atoms with Crippen LogP contribution >= 0.6 is 12.2 Å². The predicted octanol–water partition coefficient (Wildman–Crippen LogP) is 3.40. The van der Waals surface area contributed by atoms with Crippen LogP contribution in [-0.2, 0) is 16.3 Å². The Bertz CT molecular complexity index is 855. The van der Waals surface area contributed by atoms with Crippen LogP contribution in [0.1, 0.15) is 29.5 Å². The summed E-state index contributed by atoms with van der Waals surface area (Å²) in [4.78, 5) is 0.618. The minimum Gasteiger partial charge on any atom is -0.393 e. The normalized spacial score (nSPS) is 23.0. The number of nitrogens with two attached hydrogens (primary N) is 1. The number of hydrogen-bond donors (Lipinski definition) is 1. The van der Waals surface area contributed by atoms with Crippen molar-refractivity contribution in [3.05, 3.63) is 65.2 Å². The van der Waals surface area contributed by atoms with Crippen molar-refractivity contribution < 1.29 is 8.42 Å². The lowest BCUT2D eigenvalue weighted by atomic mass is 10.1. The quantitative estimate of drug-likeness (QED) is 0.831. The van der Waals surface area contributed by atoms with Crippen molar-refractivity contribution in [2.75, 3.05) is 0 Å². The first-order valence-electron chi connectivity index (χ1n) is 8.05. The molecule has 0 unspecified atom stereocenters. The van der Waals surface area contributed by atoms with Gasteiger partial charge in [0.1, 0.15) is 0 Å². The van der Waals surface area contributed by atoms with Gasteiger partial charge in [-0.3, -0.25) is 0 Å². The second kappa shape index (κ2) is 6.30. The zero-order valence-corrected chi connectivity index (χ0v) is 15.4. The van der Waals surface area contributed by atoms with E-state index in [1.54, 1.807) is 12.1 Å². The summed E-state index contributed by atoms with van der Waals surface area (Å²) in [7, 11) is -3.46. The van der Waals surface area contributed by atoms with Crippen LogP contribution in [-0.4, -0.2) is 18.7 Å². The summed E-state index contributed by atoms with van der Waals surface area (Å²) >= 11 is 5.14. The van der Waals surface area contributed by atoms with Gasteiger partial charge in [-0.2, -0.15) is 0 Å². The van der Waals surface area contributed by atoms with Crippen LogP contribution in [0.15, 0.2) is 53.4 Å². The van der Waals surface area contributed by atoms with E-state index in [9.17, 15) is 8.42 Å². The lowest BCUT2D eigenvalue weighted by molar-refractivity contribution is 0.593. The van der Waals surface area contributed by atoms with Crippen LogP contribution < -0.4 is 5.73 Å². The Hall–Kier alpha value is -1.72. The summed E-state index contributed by atoms with van der Waals surface area (Å²) in [6, 6.07) is 15.0. The zero-order valence-electron chi connectivity index (χ0n) is 13.8. The SMILES string of the molecule is CCc1ccc([C@@H]2[C@H](C(N)=S)[C@@H]2S(=O)(=O)c2ccc(C)cc2)cc1. The number of aryl methyl sites for hydroxylation is 2. The third-order valence-electron chi connectivity index (χ3n) is 4.76. The number of rotatable bonds is 5. The molecule has 0 aromatic heterocycles. The summed E-state index contributed by atoms with van der Waals surface area (Å²) in [6.45, 7) is 4.03. The van der Waals surface area contributed by atoms with E-state index in [0.717, 1.165) is 17.5 Å². The third kappa shape index (κ3) is 2.98. The van der Waals surface area contributed by atoms with Crippen LogP contribution in [0, 0.1) is 12.8 Å². The van der Waals surface area contributed by atoms with Crippen molar-refractivity contribution in [3.8, 4) is 0 Å². The summed E-state index contributed by atoms with van der Waals surface area (Å²) < 4.78 is 26.0. The molecule has 0 aliphatic heterocycles. The maximum absolute atomic E-state index is 13.0. The fourth-order valence-electron chi connectivity index (χ4n) is 3.27. The van der Waals surface area contributed by atoms with Crippen LogP contribution in [0.5, 0.6) is 0 Å². The van der Waals surface area contributed by atoms with E-state index in [4.69, 9.17) is 18.0 Å². The van der Waals surface area contributed by atoms with Gasteiger partial charge < -0.3 is 5.73 Å². The van der Waals surface area contributed by atoms with Crippen LogP contribution in [0.4, 0.5) is 0 Å². The highest BCUT2D eigenvalue weighted by atomic mass is 32.2. The molecule has 3 atom stereocenters. The predicted molar refractivity (Wildman–Crippen MR) is 101 cm³/mol. The molecule has 0 heterocycles. The first-order chi connectivity index (χ1) is 11.4. The average molecular weight is 360 g/mol. The summed E-state index contributed by atoms with van der Waals surface area (Å²) in [5, 5.41) is -0.565. The third-order valence-corrected chi connectivity index (χ3v) is 7.27. The Morgan fingerprint density at radius 2 is 1.67 bits per heavy atom. The van der Waals surface area contributed by atoms with E-state index in [1.165, 1.54) is 5.56 Å². The summed E-state index contributed by atoms with van der Waals surface area (Å²) in [5.41, 5.74) is 9.09. The van der Waals surface area contributed by atoms with Crippen molar-refractivity contribution >= 4 is 27.0 Å². The van der Waals surface area contributed by atoms with E-state index in [1.807, 2.05) is 43.3 Å². The molecule has 1 fully saturated rings. The second-order valence-corrected chi connectivity index (χ2v) is 8.95. The van der Waals surface area contributed by atoms with Gasteiger partial charge in [0.25, 0.3) is 0 Å². The number of thiocarbonyl (C=S) groups is 1. The number of benzene rings is 2. The molecule has 126 valence electrons. The van der Waals surface area contributed by atoms with Gasteiger partial charge in [-0.1, -0.05) is 61.1 Å². The average Bonchev–Trinajstić information content (AvgIpc) is 3.32. The minimum atomic E-state index is -3.46. The monoisotopic (exact) mass is 359 g/mol. The molecule has 5 heteroatoms. The lowest BCUT2D eigenvalue weighted by Crippen LogP contribution is -2.17. The first-order valence-corrected chi connectivity index (χ1v) is 10.0. The van der Waals surface area contributed by atoms with Gasteiger partial charge in [-0.25, -0.2) is 8.42 Å². The maximum Gasteiger partial charge on any atom is 0.182 e. The van der Waals surface area contributed by atoms with Gasteiger partial charge in [-0.05, 0) is 36.6 Å². The molecule has 24 heavy (non-hydrogen) atoms. The van der Waals surface area contributed by atoms with Gasteiger partial charge in [0, 0.05) is 11.8 Å². The van der Waals surface area contributed by atoms with Gasteiger partial charge >= 0.3 is 0 Å². The Morgan fingerprint density at radius 3 is 2.17 bits per heavy atom. The first kappa shape index (κ1) is 17.1. The van der Waals surface area contributed by atoms with Crippen molar-refractivity contribution in [3.63, 3.8) is 0 Å². The van der Waals surface area contributed by atoms with Gasteiger partial charge in [-0.15, -0.1) is 0 Å². The van der Waals surface area contributed by atoms with E-state index < -0.39 is 15.1 Å². The molecule has 2 aromatic carbocycles. The van der Waals surface area contributed by atoms with E-state index in [0.29, 0.717) is 4.90 Å². The molecule has 0 saturated heterocycles. The minimum absolute atomic E-state index is 0.153. The molecular weight excluding hydrogens is 338 g/mol. The largest absolute Gasteiger partial charge is 0.393 e. The van der Waals surface area contributed by atoms with Crippen molar-refractivity contribution in [1.29, 1.82) is 0 Å². The molecule has 0 radical (unpaired) electrons. The standard InChI is InChI=1S/C19H21NO2S2/c1-3-13-6-8-14(9-7-13)16-17(19(20)23)18(16)24(21,22)15-10-4-12(2)5-11-15/h4-11,16-18H,3H2,1-2H3,(H2,20,23)/t16-,17+,18-/m1/s1. The molecule has 0 spiro atoms. The maximum atomic E-state index is 13.0. The molecule has 3 rings (SSSR count). The van der Waals surface area contributed by atoms with Gasteiger partial charge in [0.05, 0.1) is 15.1 Å². The molecule has 0 amide bonds. The molecule has 2 N–H and O–H groups in total. The molecule has 3 nitrogen and oxygen atoms in total. The van der Waals surface area contributed by atoms with Crippen LogP contribution in [0.2, 0.25) is 0 Å². The highest BCUT2D eigenvalue weighted by Crippen LogP contribution is 2.54. The Balaban J connectivity index is 1.96. The van der Waals surface area contributed by atoms with Crippen LogP contribution in [0.3, 0.4) is 0 Å². The van der Waals surface area contributed by atoms with E-state index >= 15 is 0 Å². The fourth-order valence-corrected chi connectivity index (χ4v) is 5.80. The van der Waals surface area contributed by atoms with E-state index in [-0.39, 0.29) is 16.8 Å². The molecule has 1 aliphatic rings. The van der Waals surface area contributed by atoms with Gasteiger partial charge in [0.2, 0.25) is 0 Å². The topological polar surface area (TPSA) is 60.2 Å². The summed E-state index contributed by atoms with van der Waals surface area (Å²) in [5.74, 6) is -0.446. The van der Waals surface area contributed by atoms with Crippen molar-refractivity contribution in [2.45, 2.75) is 36.3 Å². The number of sulfone groups is 1. The van der Waals surface area contributed by atoms with Crippen molar-refractivity contribution in [2.24, 2.45) is 11.7 Å². The Morgan fingerprint density at radius 1 is 1.08 bits per heavy atom. The van der Waals surface area contributed by atoms with Gasteiger partial charge in [0.15, 0.2) is 9.84 Å². The number of hydrogen-bond acceptors (Lipinski definition) is 3. The summed E-state index contributed by atoms with van der Waals surface area (Å²) in [6.07, 6.45) is 0.953. The molecule has 0 bridgehead atoms.